The molecule has 1 saturated heterocycles. The highest BCUT2D eigenvalue weighted by Crippen LogP contribution is 2.34. The van der Waals surface area contributed by atoms with Gasteiger partial charge in [-0.05, 0) is 24.3 Å². The summed E-state index contributed by atoms with van der Waals surface area (Å²) in [6.45, 7) is 3.04. The van der Waals surface area contributed by atoms with Crippen molar-refractivity contribution < 1.29 is 9.53 Å². The van der Waals surface area contributed by atoms with Crippen LogP contribution in [-0.2, 0) is 9.53 Å². The molecule has 0 atom stereocenters. The lowest BCUT2D eigenvalue weighted by atomic mass is 10.3. The van der Waals surface area contributed by atoms with Crippen molar-refractivity contribution in [3.05, 3.63) is 35.6 Å². The van der Waals surface area contributed by atoms with Gasteiger partial charge in [-0.25, -0.2) is 9.97 Å². The van der Waals surface area contributed by atoms with Crippen LogP contribution in [-0.4, -0.2) is 52.9 Å². The monoisotopic (exact) mass is 421 g/mol. The molecule has 1 aliphatic rings. The molecule has 1 N–H and O–H groups in total. The Labute approximate surface area is 169 Å². The third-order valence-corrected chi connectivity index (χ3v) is 6.38. The maximum atomic E-state index is 12.2. The molecule has 1 fully saturated rings. The number of amides is 1. The van der Waals surface area contributed by atoms with Gasteiger partial charge in [0, 0.05) is 23.8 Å². The Morgan fingerprint density at radius 2 is 2.04 bits per heavy atom. The molecule has 7 nitrogen and oxygen atoms in total. The fraction of sp³-hybridized carbons (Fsp3) is 0.294. The molecule has 0 spiro atoms. The van der Waals surface area contributed by atoms with Crippen LogP contribution in [0.3, 0.4) is 0 Å². The maximum absolute atomic E-state index is 12.2. The molecule has 4 rings (SSSR count). The van der Waals surface area contributed by atoms with Gasteiger partial charge in [0.2, 0.25) is 5.91 Å². The average Bonchev–Trinajstić information content (AvgIpc) is 3.14. The molecule has 0 bridgehead atoms. The SMILES string of the molecule is O=C(CSc1ncnc2nc(N3CCOCC3)sc12)Nc1ccc(Cl)cc1. The molecule has 1 aromatic carbocycles. The number of carbonyl (C=O) groups is 1. The number of rotatable bonds is 5. The van der Waals surface area contributed by atoms with Gasteiger partial charge in [-0.1, -0.05) is 34.7 Å². The summed E-state index contributed by atoms with van der Waals surface area (Å²) in [6.07, 6.45) is 1.49. The Morgan fingerprint density at radius 3 is 2.81 bits per heavy atom. The van der Waals surface area contributed by atoms with Crippen LogP contribution in [0.5, 0.6) is 0 Å². The van der Waals surface area contributed by atoms with Crippen LogP contribution in [0.15, 0.2) is 35.6 Å². The Kier molecular flexibility index (Phi) is 5.72. The molecular formula is C17H16ClN5O2S2. The predicted molar refractivity (Wildman–Crippen MR) is 109 cm³/mol. The molecule has 3 aromatic rings. The Bertz CT molecular complexity index is 944. The third kappa shape index (κ3) is 4.49. The summed E-state index contributed by atoms with van der Waals surface area (Å²) in [5.74, 6) is 0.145. The van der Waals surface area contributed by atoms with Crippen molar-refractivity contribution in [2.24, 2.45) is 0 Å². The largest absolute Gasteiger partial charge is 0.378 e. The van der Waals surface area contributed by atoms with Gasteiger partial charge in [0.05, 0.1) is 19.0 Å². The Morgan fingerprint density at radius 1 is 1.26 bits per heavy atom. The number of ether oxygens (including phenoxy) is 1. The zero-order valence-corrected chi connectivity index (χ0v) is 16.6. The number of benzene rings is 1. The van der Waals surface area contributed by atoms with Gasteiger partial charge in [-0.15, -0.1) is 0 Å². The van der Waals surface area contributed by atoms with Crippen LogP contribution in [0, 0.1) is 0 Å². The summed E-state index contributed by atoms with van der Waals surface area (Å²) in [5.41, 5.74) is 1.38. The second kappa shape index (κ2) is 8.39. The normalized spacial score (nSPS) is 14.5. The second-order valence-corrected chi connectivity index (χ2v) is 8.15. The minimum Gasteiger partial charge on any atom is -0.378 e. The number of aromatic nitrogens is 3. The highest BCUT2D eigenvalue weighted by atomic mass is 35.5. The third-order valence-electron chi connectivity index (χ3n) is 3.90. The molecule has 140 valence electrons. The quantitative estimate of drug-likeness (QED) is 0.500. The summed E-state index contributed by atoms with van der Waals surface area (Å²) in [6, 6.07) is 7.02. The van der Waals surface area contributed by atoms with Crippen LogP contribution in [0.25, 0.3) is 10.3 Å². The van der Waals surface area contributed by atoms with E-state index in [-0.39, 0.29) is 11.7 Å². The van der Waals surface area contributed by atoms with Crippen LogP contribution >= 0.6 is 34.7 Å². The number of thioether (sulfide) groups is 1. The molecular weight excluding hydrogens is 406 g/mol. The van der Waals surface area contributed by atoms with E-state index in [2.05, 4.69) is 25.2 Å². The van der Waals surface area contributed by atoms with Crippen LogP contribution < -0.4 is 10.2 Å². The summed E-state index contributed by atoms with van der Waals surface area (Å²) in [4.78, 5) is 27.6. The summed E-state index contributed by atoms with van der Waals surface area (Å²) >= 11 is 8.79. The van der Waals surface area contributed by atoms with E-state index in [1.165, 1.54) is 18.1 Å². The number of nitrogens with one attached hydrogen (secondary N) is 1. The number of anilines is 2. The van der Waals surface area contributed by atoms with E-state index in [1.54, 1.807) is 35.6 Å². The fourth-order valence-corrected chi connectivity index (χ4v) is 4.65. The van der Waals surface area contributed by atoms with E-state index >= 15 is 0 Å². The number of thiazole rings is 1. The molecule has 2 aromatic heterocycles. The summed E-state index contributed by atoms with van der Waals surface area (Å²) < 4.78 is 6.30. The van der Waals surface area contributed by atoms with Gasteiger partial charge in [0.15, 0.2) is 10.8 Å². The number of nitrogens with zero attached hydrogens (tertiary/aromatic N) is 4. The molecule has 27 heavy (non-hydrogen) atoms. The van der Waals surface area contributed by atoms with Gasteiger partial charge in [-0.2, -0.15) is 4.98 Å². The van der Waals surface area contributed by atoms with E-state index in [1.807, 2.05) is 0 Å². The lowest BCUT2D eigenvalue weighted by Gasteiger charge is -2.25. The van der Waals surface area contributed by atoms with Crippen molar-refractivity contribution in [3.63, 3.8) is 0 Å². The van der Waals surface area contributed by atoms with Crippen molar-refractivity contribution in [1.82, 2.24) is 15.0 Å². The Hall–Kier alpha value is -1.94. The number of fused-ring (bicyclic) bond motifs is 1. The fourth-order valence-electron chi connectivity index (χ4n) is 2.58. The van der Waals surface area contributed by atoms with Crippen molar-refractivity contribution in [2.45, 2.75) is 5.03 Å². The molecule has 0 aliphatic carbocycles. The van der Waals surface area contributed by atoms with Gasteiger partial charge < -0.3 is 15.0 Å². The first-order chi connectivity index (χ1) is 13.2. The van der Waals surface area contributed by atoms with Crippen LogP contribution in [0.4, 0.5) is 10.8 Å². The van der Waals surface area contributed by atoms with Crippen molar-refractivity contribution in [3.8, 4) is 0 Å². The standard InChI is InChI=1S/C17H16ClN5O2S2/c18-11-1-3-12(4-2-11)21-13(24)9-26-16-14-15(19-10-20-16)22-17(27-14)23-5-7-25-8-6-23/h1-4,10H,5-9H2,(H,21,24). The number of carbonyl (C=O) groups excluding carboxylic acids is 1. The number of morpholine rings is 1. The molecule has 1 aliphatic heterocycles. The summed E-state index contributed by atoms with van der Waals surface area (Å²) in [7, 11) is 0. The van der Waals surface area contributed by atoms with Gasteiger partial charge in [-0.3, -0.25) is 4.79 Å². The van der Waals surface area contributed by atoms with E-state index in [0.717, 1.165) is 27.9 Å². The first-order valence-electron chi connectivity index (χ1n) is 8.31. The zero-order valence-electron chi connectivity index (χ0n) is 14.2. The van der Waals surface area contributed by atoms with Crippen LogP contribution in [0.1, 0.15) is 0 Å². The minimum absolute atomic E-state index is 0.105. The van der Waals surface area contributed by atoms with Crippen molar-refractivity contribution in [2.75, 3.05) is 42.3 Å². The Balaban J connectivity index is 1.44. The number of halogens is 1. The minimum atomic E-state index is -0.105. The average molecular weight is 422 g/mol. The molecule has 0 unspecified atom stereocenters. The van der Waals surface area contributed by atoms with E-state index in [9.17, 15) is 4.79 Å². The molecule has 0 radical (unpaired) electrons. The topological polar surface area (TPSA) is 80.2 Å². The van der Waals surface area contributed by atoms with Crippen molar-refractivity contribution in [1.29, 1.82) is 0 Å². The van der Waals surface area contributed by atoms with Gasteiger partial charge >= 0.3 is 0 Å². The van der Waals surface area contributed by atoms with E-state index in [4.69, 9.17) is 16.3 Å². The number of hydrogen-bond donors (Lipinski definition) is 1. The van der Waals surface area contributed by atoms with E-state index in [0.29, 0.717) is 29.6 Å². The van der Waals surface area contributed by atoms with E-state index < -0.39 is 0 Å². The molecule has 1 amide bonds. The first-order valence-corrected chi connectivity index (χ1v) is 10.5. The molecule has 0 saturated carbocycles. The number of hydrogen-bond acceptors (Lipinski definition) is 8. The van der Waals surface area contributed by atoms with Gasteiger partial charge in [0.1, 0.15) is 16.1 Å². The first kappa shape index (κ1) is 18.4. The van der Waals surface area contributed by atoms with Gasteiger partial charge in [0.25, 0.3) is 0 Å². The highest BCUT2D eigenvalue weighted by Gasteiger charge is 2.18. The smallest absolute Gasteiger partial charge is 0.234 e. The lowest BCUT2D eigenvalue weighted by Crippen LogP contribution is -2.36. The molecule has 3 heterocycles. The highest BCUT2D eigenvalue weighted by molar-refractivity contribution is 8.00. The zero-order chi connectivity index (χ0) is 18.6. The summed E-state index contributed by atoms with van der Waals surface area (Å²) in [5, 5.41) is 5.16. The predicted octanol–water partition coefficient (Wildman–Crippen LogP) is 3.31. The second-order valence-electron chi connectivity index (χ2n) is 5.77. The molecule has 10 heteroatoms. The maximum Gasteiger partial charge on any atom is 0.234 e. The van der Waals surface area contributed by atoms with Crippen molar-refractivity contribution >= 4 is 61.8 Å². The van der Waals surface area contributed by atoms with Crippen LogP contribution in [0.2, 0.25) is 5.02 Å². The lowest BCUT2D eigenvalue weighted by molar-refractivity contribution is -0.113.